The molecule has 0 fully saturated rings. The number of hydrogen-bond donors (Lipinski definition) is 2. The third-order valence-corrected chi connectivity index (χ3v) is 4.23. The lowest BCUT2D eigenvalue weighted by molar-refractivity contribution is -0.125. The Morgan fingerprint density at radius 1 is 1.35 bits per heavy atom. The van der Waals surface area contributed by atoms with Gasteiger partial charge in [0.1, 0.15) is 11.6 Å². The summed E-state index contributed by atoms with van der Waals surface area (Å²) in [6.07, 6.45) is 2.67. The predicted octanol–water partition coefficient (Wildman–Crippen LogP) is 2.69. The number of anilines is 1. The molecular weight excluding hydrogens is 278 g/mol. The van der Waals surface area contributed by atoms with E-state index in [4.69, 9.17) is 4.74 Å². The molecule has 0 saturated carbocycles. The summed E-state index contributed by atoms with van der Waals surface area (Å²) >= 11 is 1.37. The van der Waals surface area contributed by atoms with Crippen LogP contribution in [-0.2, 0) is 22.4 Å². The molecule has 6 heteroatoms. The van der Waals surface area contributed by atoms with Crippen LogP contribution in [0, 0.1) is 0 Å². The Balaban J connectivity index is 2.10. The Kier molecular flexibility index (Phi) is 4.15. The molecule has 1 heterocycles. The summed E-state index contributed by atoms with van der Waals surface area (Å²) in [4.78, 5) is 24.3. The van der Waals surface area contributed by atoms with Crippen LogP contribution in [0.15, 0.2) is 0 Å². The molecule has 1 aliphatic carbocycles. The minimum atomic E-state index is -0.976. The maximum Gasteiger partial charge on any atom is 0.339 e. The van der Waals surface area contributed by atoms with Crippen LogP contribution < -0.4 is 5.32 Å². The quantitative estimate of drug-likeness (QED) is 0.896. The zero-order valence-electron chi connectivity index (χ0n) is 11.9. The number of ether oxygens (including phenoxy) is 1. The average Bonchev–Trinajstić information content (AvgIpc) is 2.84. The zero-order chi connectivity index (χ0) is 14.9. The predicted molar refractivity (Wildman–Crippen MR) is 77.6 cm³/mol. The van der Waals surface area contributed by atoms with E-state index >= 15 is 0 Å². The summed E-state index contributed by atoms with van der Waals surface area (Å²) in [5.74, 6) is -1.29. The number of carbonyl (C=O) groups excluding carboxylic acids is 1. The van der Waals surface area contributed by atoms with Crippen molar-refractivity contribution in [3.63, 3.8) is 0 Å². The van der Waals surface area contributed by atoms with E-state index in [2.05, 4.69) is 5.32 Å². The Labute approximate surface area is 121 Å². The van der Waals surface area contributed by atoms with Crippen molar-refractivity contribution in [2.75, 3.05) is 11.9 Å². The van der Waals surface area contributed by atoms with Gasteiger partial charge >= 0.3 is 5.97 Å². The minimum Gasteiger partial charge on any atom is -0.478 e. The Hall–Kier alpha value is -1.40. The first kappa shape index (κ1) is 15.0. The summed E-state index contributed by atoms with van der Waals surface area (Å²) in [6.45, 7) is 5.51. The highest BCUT2D eigenvalue weighted by Crippen LogP contribution is 2.39. The number of rotatable bonds is 4. The maximum atomic E-state index is 11.8. The van der Waals surface area contributed by atoms with Crippen LogP contribution in [0.3, 0.4) is 0 Å². The summed E-state index contributed by atoms with van der Waals surface area (Å²) in [6, 6.07) is 0. The fourth-order valence-corrected chi connectivity index (χ4v) is 3.46. The zero-order valence-corrected chi connectivity index (χ0v) is 12.7. The first-order valence-corrected chi connectivity index (χ1v) is 7.41. The first-order chi connectivity index (χ1) is 9.28. The molecule has 5 nitrogen and oxygen atoms in total. The van der Waals surface area contributed by atoms with Crippen LogP contribution in [-0.4, -0.2) is 29.2 Å². The molecule has 2 N–H and O–H groups in total. The molecule has 2 rings (SSSR count). The number of fused-ring (bicyclic) bond motifs is 1. The van der Waals surface area contributed by atoms with E-state index < -0.39 is 11.6 Å². The van der Waals surface area contributed by atoms with Crippen LogP contribution >= 0.6 is 11.3 Å². The maximum absolute atomic E-state index is 11.8. The number of thiophene rings is 1. The van der Waals surface area contributed by atoms with Crippen molar-refractivity contribution >= 4 is 28.2 Å². The third kappa shape index (κ3) is 3.37. The van der Waals surface area contributed by atoms with Crippen LogP contribution in [0.1, 0.15) is 48.0 Å². The van der Waals surface area contributed by atoms with Crippen molar-refractivity contribution in [3.8, 4) is 0 Å². The van der Waals surface area contributed by atoms with Crippen molar-refractivity contribution in [2.24, 2.45) is 0 Å². The van der Waals surface area contributed by atoms with Crippen LogP contribution in [0.25, 0.3) is 0 Å². The van der Waals surface area contributed by atoms with Gasteiger partial charge < -0.3 is 15.2 Å². The second-order valence-corrected chi connectivity index (χ2v) is 6.92. The van der Waals surface area contributed by atoms with E-state index in [0.717, 1.165) is 29.7 Å². The summed E-state index contributed by atoms with van der Waals surface area (Å²) in [7, 11) is 0. The molecular formula is C14H19NO4S. The molecule has 0 radical (unpaired) electrons. The fourth-order valence-electron chi connectivity index (χ4n) is 2.16. The largest absolute Gasteiger partial charge is 0.478 e. The smallest absolute Gasteiger partial charge is 0.339 e. The van der Waals surface area contributed by atoms with Crippen molar-refractivity contribution in [3.05, 3.63) is 16.0 Å². The van der Waals surface area contributed by atoms with Gasteiger partial charge in [-0.05, 0) is 45.6 Å². The number of amides is 1. The monoisotopic (exact) mass is 297 g/mol. The number of aromatic carboxylic acids is 1. The molecule has 0 unspecified atom stereocenters. The van der Waals surface area contributed by atoms with Crippen molar-refractivity contribution in [2.45, 2.75) is 45.6 Å². The van der Waals surface area contributed by atoms with E-state index in [1.807, 2.05) is 20.8 Å². The summed E-state index contributed by atoms with van der Waals surface area (Å²) in [5.41, 5.74) is 0.741. The molecule has 0 aliphatic heterocycles. The van der Waals surface area contributed by atoms with E-state index in [0.29, 0.717) is 5.00 Å². The van der Waals surface area contributed by atoms with Gasteiger partial charge in [-0.15, -0.1) is 11.3 Å². The van der Waals surface area contributed by atoms with Gasteiger partial charge in [-0.2, -0.15) is 0 Å². The van der Waals surface area contributed by atoms with Gasteiger partial charge in [-0.3, -0.25) is 4.79 Å². The molecule has 0 bridgehead atoms. The number of nitrogens with one attached hydrogen (secondary N) is 1. The molecule has 0 aromatic carbocycles. The summed E-state index contributed by atoms with van der Waals surface area (Å²) in [5, 5.41) is 12.4. The first-order valence-electron chi connectivity index (χ1n) is 6.59. The van der Waals surface area contributed by atoms with Crippen LogP contribution in [0.4, 0.5) is 5.00 Å². The van der Waals surface area contributed by atoms with Gasteiger partial charge in [-0.25, -0.2) is 4.79 Å². The lowest BCUT2D eigenvalue weighted by Gasteiger charge is -2.18. The lowest BCUT2D eigenvalue weighted by Crippen LogP contribution is -2.27. The fraction of sp³-hybridized carbons (Fsp3) is 0.571. The highest BCUT2D eigenvalue weighted by atomic mass is 32.1. The van der Waals surface area contributed by atoms with Crippen molar-refractivity contribution in [1.82, 2.24) is 0 Å². The molecule has 1 aromatic rings. The van der Waals surface area contributed by atoms with E-state index in [1.54, 1.807) is 0 Å². The van der Waals surface area contributed by atoms with E-state index in [-0.39, 0.29) is 18.1 Å². The standard InChI is InChI=1S/C14H19NO4S/c1-14(2,3)19-7-10(16)15-12-11(13(17)18)8-5-4-6-9(8)20-12/h4-7H2,1-3H3,(H,15,16)(H,17,18). The molecule has 0 spiro atoms. The van der Waals surface area contributed by atoms with Crippen molar-refractivity contribution in [1.29, 1.82) is 0 Å². The molecule has 1 aliphatic rings. The van der Waals surface area contributed by atoms with Gasteiger partial charge in [0.05, 0.1) is 11.2 Å². The lowest BCUT2D eigenvalue weighted by atomic mass is 10.1. The number of carboxylic acid groups (broad SMARTS) is 1. The van der Waals surface area contributed by atoms with E-state index in [9.17, 15) is 14.7 Å². The van der Waals surface area contributed by atoms with Crippen LogP contribution in [0.5, 0.6) is 0 Å². The molecule has 1 aromatic heterocycles. The van der Waals surface area contributed by atoms with Gasteiger partial charge in [0, 0.05) is 4.88 Å². The Morgan fingerprint density at radius 3 is 2.65 bits per heavy atom. The molecule has 1 amide bonds. The highest BCUT2D eigenvalue weighted by molar-refractivity contribution is 7.17. The SMILES string of the molecule is CC(C)(C)OCC(=O)Nc1sc2c(c1C(=O)O)CCC2. The molecule has 110 valence electrons. The number of hydrogen-bond acceptors (Lipinski definition) is 4. The second kappa shape index (κ2) is 5.54. The van der Waals surface area contributed by atoms with E-state index in [1.165, 1.54) is 11.3 Å². The average molecular weight is 297 g/mol. The van der Waals surface area contributed by atoms with Crippen LogP contribution in [0.2, 0.25) is 0 Å². The Bertz CT molecular complexity index is 542. The highest BCUT2D eigenvalue weighted by Gasteiger charge is 2.27. The van der Waals surface area contributed by atoms with Gasteiger partial charge in [0.25, 0.3) is 5.91 Å². The number of carbonyl (C=O) groups is 2. The topological polar surface area (TPSA) is 75.6 Å². The van der Waals surface area contributed by atoms with Gasteiger partial charge in [0.2, 0.25) is 0 Å². The normalized spacial score (nSPS) is 14.2. The van der Waals surface area contributed by atoms with Gasteiger partial charge in [0.15, 0.2) is 0 Å². The van der Waals surface area contributed by atoms with Gasteiger partial charge in [-0.1, -0.05) is 0 Å². The minimum absolute atomic E-state index is 0.0782. The third-order valence-electron chi connectivity index (χ3n) is 3.02. The summed E-state index contributed by atoms with van der Waals surface area (Å²) < 4.78 is 5.39. The molecule has 20 heavy (non-hydrogen) atoms. The molecule has 0 atom stereocenters. The number of aryl methyl sites for hydroxylation is 1. The molecule has 0 saturated heterocycles. The number of carboxylic acids is 1. The second-order valence-electron chi connectivity index (χ2n) is 5.82. The Morgan fingerprint density at radius 2 is 2.05 bits per heavy atom. The van der Waals surface area contributed by atoms with Crippen molar-refractivity contribution < 1.29 is 19.4 Å².